The van der Waals surface area contributed by atoms with Crippen LogP contribution in [0.2, 0.25) is 0 Å². The first-order valence-electron chi connectivity index (χ1n) is 7.61. The Labute approximate surface area is 123 Å². The summed E-state index contributed by atoms with van der Waals surface area (Å²) in [5, 5.41) is 3.34. The molecule has 118 valence electrons. The molecular weight excluding hydrogens is 256 g/mol. The number of hydrogen-bond donors (Lipinski definition) is 1. The van der Waals surface area contributed by atoms with Gasteiger partial charge in [0.15, 0.2) is 0 Å². The molecule has 0 aromatic rings. The largest absolute Gasteiger partial charge is 0.468 e. The molecule has 0 spiro atoms. The highest BCUT2D eigenvalue weighted by Gasteiger charge is 2.37. The van der Waals surface area contributed by atoms with Gasteiger partial charge in [-0.25, -0.2) is 0 Å². The summed E-state index contributed by atoms with van der Waals surface area (Å²) < 4.78 is 10.7. The molecular formula is C15H30N2O3. The first-order chi connectivity index (χ1) is 9.41. The average Bonchev–Trinajstić information content (AvgIpc) is 2.88. The zero-order chi connectivity index (χ0) is 15.2. The van der Waals surface area contributed by atoms with Crippen LogP contribution in [-0.2, 0) is 14.3 Å². The van der Waals surface area contributed by atoms with E-state index < -0.39 is 5.54 Å². The van der Waals surface area contributed by atoms with E-state index in [-0.39, 0.29) is 12.0 Å². The van der Waals surface area contributed by atoms with Gasteiger partial charge < -0.3 is 9.47 Å². The first kappa shape index (κ1) is 17.4. The smallest absolute Gasteiger partial charge is 0.327 e. The number of nitrogens with zero attached hydrogens (tertiary/aromatic N) is 1. The molecule has 1 aliphatic heterocycles. The predicted molar refractivity (Wildman–Crippen MR) is 79.8 cm³/mol. The SMILES string of the molecule is CCN(CC1CCCO1)CC(C)(NC(C)C)C(=O)OC. The van der Waals surface area contributed by atoms with Crippen molar-refractivity contribution in [3.05, 3.63) is 0 Å². The minimum atomic E-state index is -0.683. The molecule has 1 aliphatic rings. The monoisotopic (exact) mass is 286 g/mol. The molecule has 0 aromatic carbocycles. The third kappa shape index (κ3) is 5.04. The molecule has 0 amide bonds. The molecule has 0 radical (unpaired) electrons. The van der Waals surface area contributed by atoms with Crippen molar-refractivity contribution in [2.45, 2.75) is 58.2 Å². The summed E-state index contributed by atoms with van der Waals surface area (Å²) >= 11 is 0. The fraction of sp³-hybridized carbons (Fsp3) is 0.933. The van der Waals surface area contributed by atoms with Gasteiger partial charge in [0.1, 0.15) is 5.54 Å². The molecule has 2 atom stereocenters. The Morgan fingerprint density at radius 1 is 1.55 bits per heavy atom. The van der Waals surface area contributed by atoms with Gasteiger partial charge in [0.2, 0.25) is 0 Å². The summed E-state index contributed by atoms with van der Waals surface area (Å²) in [4.78, 5) is 14.4. The van der Waals surface area contributed by atoms with Gasteiger partial charge in [0.25, 0.3) is 0 Å². The zero-order valence-electron chi connectivity index (χ0n) is 13.6. The van der Waals surface area contributed by atoms with Crippen molar-refractivity contribution in [3.8, 4) is 0 Å². The van der Waals surface area contributed by atoms with Crippen molar-refractivity contribution in [3.63, 3.8) is 0 Å². The minimum Gasteiger partial charge on any atom is -0.468 e. The zero-order valence-corrected chi connectivity index (χ0v) is 13.6. The number of rotatable bonds is 8. The van der Waals surface area contributed by atoms with Gasteiger partial charge in [-0.3, -0.25) is 15.0 Å². The minimum absolute atomic E-state index is 0.211. The number of carbonyl (C=O) groups is 1. The Kier molecular flexibility index (Phi) is 6.92. The van der Waals surface area contributed by atoms with Crippen molar-refractivity contribution < 1.29 is 14.3 Å². The Balaban J connectivity index is 2.66. The highest BCUT2D eigenvalue weighted by Crippen LogP contribution is 2.16. The first-order valence-corrected chi connectivity index (χ1v) is 7.61. The second kappa shape index (κ2) is 7.96. The van der Waals surface area contributed by atoms with E-state index in [4.69, 9.17) is 9.47 Å². The highest BCUT2D eigenvalue weighted by molar-refractivity contribution is 5.80. The number of carbonyl (C=O) groups excluding carboxylic acids is 1. The lowest BCUT2D eigenvalue weighted by atomic mass is 10.00. The van der Waals surface area contributed by atoms with Crippen molar-refractivity contribution in [1.29, 1.82) is 0 Å². The number of esters is 1. The normalized spacial score (nSPS) is 22.2. The Morgan fingerprint density at radius 3 is 2.70 bits per heavy atom. The van der Waals surface area contributed by atoms with Crippen LogP contribution in [0.4, 0.5) is 0 Å². The number of likely N-dealkylation sites (N-methyl/N-ethyl adjacent to an activating group) is 1. The Hall–Kier alpha value is -0.650. The van der Waals surface area contributed by atoms with E-state index in [1.165, 1.54) is 7.11 Å². The lowest BCUT2D eigenvalue weighted by molar-refractivity contribution is -0.149. The molecule has 1 fully saturated rings. The van der Waals surface area contributed by atoms with Gasteiger partial charge >= 0.3 is 5.97 Å². The molecule has 1 rings (SSSR count). The van der Waals surface area contributed by atoms with Crippen LogP contribution in [-0.4, -0.2) is 61.9 Å². The van der Waals surface area contributed by atoms with E-state index in [1.807, 2.05) is 20.8 Å². The van der Waals surface area contributed by atoms with Crippen molar-refractivity contribution >= 4 is 5.97 Å². The third-order valence-corrected chi connectivity index (χ3v) is 3.72. The van der Waals surface area contributed by atoms with Crippen LogP contribution >= 0.6 is 0 Å². The molecule has 0 aromatic heterocycles. The van der Waals surface area contributed by atoms with E-state index >= 15 is 0 Å². The second-order valence-corrected chi connectivity index (χ2v) is 6.09. The van der Waals surface area contributed by atoms with Crippen LogP contribution in [0.5, 0.6) is 0 Å². The standard InChI is InChI=1S/C15H30N2O3/c1-6-17(10-13-8-7-9-20-13)11-15(4,14(18)19-5)16-12(2)3/h12-13,16H,6-11H2,1-5H3. The van der Waals surface area contributed by atoms with Crippen molar-refractivity contribution in [2.24, 2.45) is 0 Å². The molecule has 5 heteroatoms. The molecule has 0 saturated carbocycles. The fourth-order valence-electron chi connectivity index (χ4n) is 2.86. The van der Waals surface area contributed by atoms with Crippen LogP contribution < -0.4 is 5.32 Å². The third-order valence-electron chi connectivity index (χ3n) is 3.72. The van der Waals surface area contributed by atoms with Crippen LogP contribution in [0.3, 0.4) is 0 Å². The number of hydrogen-bond acceptors (Lipinski definition) is 5. The molecule has 1 N–H and O–H groups in total. The molecule has 2 unspecified atom stereocenters. The molecule has 1 saturated heterocycles. The van der Waals surface area contributed by atoms with Gasteiger partial charge in [-0.2, -0.15) is 0 Å². The van der Waals surface area contributed by atoms with Gasteiger partial charge in [0, 0.05) is 25.7 Å². The van der Waals surface area contributed by atoms with E-state index in [1.54, 1.807) is 0 Å². The number of ether oxygens (including phenoxy) is 2. The molecule has 20 heavy (non-hydrogen) atoms. The van der Waals surface area contributed by atoms with Crippen molar-refractivity contribution in [2.75, 3.05) is 33.4 Å². The lowest BCUT2D eigenvalue weighted by Gasteiger charge is -2.36. The highest BCUT2D eigenvalue weighted by atomic mass is 16.5. The maximum absolute atomic E-state index is 12.1. The maximum atomic E-state index is 12.1. The Morgan fingerprint density at radius 2 is 2.25 bits per heavy atom. The van der Waals surface area contributed by atoms with E-state index in [9.17, 15) is 4.79 Å². The molecule has 5 nitrogen and oxygen atoms in total. The summed E-state index contributed by atoms with van der Waals surface area (Å²) in [5.74, 6) is -0.211. The van der Waals surface area contributed by atoms with Gasteiger partial charge in [-0.05, 0) is 40.2 Å². The number of methoxy groups -OCH3 is 1. The van der Waals surface area contributed by atoms with Crippen LogP contribution in [0.1, 0.15) is 40.5 Å². The summed E-state index contributed by atoms with van der Waals surface area (Å²) in [6, 6.07) is 0.223. The van der Waals surface area contributed by atoms with E-state index in [0.717, 1.165) is 32.5 Å². The average molecular weight is 286 g/mol. The van der Waals surface area contributed by atoms with Gasteiger partial charge in [-0.1, -0.05) is 6.92 Å². The summed E-state index contributed by atoms with van der Waals surface area (Å²) in [6.45, 7) is 11.4. The Bertz CT molecular complexity index is 303. The quantitative estimate of drug-likeness (QED) is 0.684. The van der Waals surface area contributed by atoms with E-state index in [2.05, 4.69) is 17.1 Å². The summed E-state index contributed by atoms with van der Waals surface area (Å²) in [6.07, 6.45) is 2.56. The van der Waals surface area contributed by atoms with Gasteiger partial charge in [-0.15, -0.1) is 0 Å². The molecule has 0 aliphatic carbocycles. The second-order valence-electron chi connectivity index (χ2n) is 6.09. The lowest BCUT2D eigenvalue weighted by Crippen LogP contribution is -2.59. The van der Waals surface area contributed by atoms with E-state index in [0.29, 0.717) is 12.6 Å². The fourth-order valence-corrected chi connectivity index (χ4v) is 2.86. The van der Waals surface area contributed by atoms with Crippen molar-refractivity contribution in [1.82, 2.24) is 10.2 Å². The topological polar surface area (TPSA) is 50.8 Å². The molecule has 0 bridgehead atoms. The maximum Gasteiger partial charge on any atom is 0.327 e. The summed E-state index contributed by atoms with van der Waals surface area (Å²) in [5.41, 5.74) is -0.683. The van der Waals surface area contributed by atoms with Crippen LogP contribution in [0, 0.1) is 0 Å². The van der Waals surface area contributed by atoms with Gasteiger partial charge in [0.05, 0.1) is 13.2 Å². The predicted octanol–water partition coefficient (Wildman–Crippen LogP) is 1.42. The van der Waals surface area contributed by atoms with Crippen LogP contribution in [0.25, 0.3) is 0 Å². The number of nitrogens with one attached hydrogen (secondary N) is 1. The molecule has 1 heterocycles. The van der Waals surface area contributed by atoms with Crippen LogP contribution in [0.15, 0.2) is 0 Å². The summed E-state index contributed by atoms with van der Waals surface area (Å²) in [7, 11) is 1.44.